The first-order valence-corrected chi connectivity index (χ1v) is 8.42. The van der Waals surface area contributed by atoms with Gasteiger partial charge in [-0.1, -0.05) is 12.1 Å². The molecule has 2 rings (SSSR count). The molecule has 118 valence electrons. The summed E-state index contributed by atoms with van der Waals surface area (Å²) in [6.07, 6.45) is 0. The molecule has 21 heavy (non-hydrogen) atoms. The summed E-state index contributed by atoms with van der Waals surface area (Å²) in [5.41, 5.74) is 0.879. The number of nitrogens with zero attached hydrogens (tertiary/aromatic N) is 1. The summed E-state index contributed by atoms with van der Waals surface area (Å²) in [5.74, 6) is 0.312. The van der Waals surface area contributed by atoms with Crippen LogP contribution in [0.2, 0.25) is 0 Å². The van der Waals surface area contributed by atoms with Crippen LogP contribution in [0.15, 0.2) is 24.3 Å². The van der Waals surface area contributed by atoms with Crippen LogP contribution in [0.4, 0.5) is 0 Å². The highest BCUT2D eigenvalue weighted by Gasteiger charge is 2.40. The number of rotatable bonds is 6. The Bertz CT molecular complexity index is 479. The Hall–Kier alpha value is -0.910. The van der Waals surface area contributed by atoms with Gasteiger partial charge in [-0.2, -0.15) is 0 Å². The highest BCUT2D eigenvalue weighted by Crippen LogP contribution is 2.61. The van der Waals surface area contributed by atoms with Crippen LogP contribution in [-0.4, -0.2) is 52.5 Å². The van der Waals surface area contributed by atoms with E-state index < -0.39 is 13.4 Å². The van der Waals surface area contributed by atoms with Crippen LogP contribution in [0.1, 0.15) is 11.3 Å². The van der Waals surface area contributed by atoms with Crippen molar-refractivity contribution in [3.05, 3.63) is 29.8 Å². The fourth-order valence-electron chi connectivity index (χ4n) is 2.47. The van der Waals surface area contributed by atoms with E-state index >= 15 is 0 Å². The topological polar surface area (TPSA) is 57.2 Å². The SMILES string of the molecule is COc1ccc(C(N2CCOCC2)P(=O)(OC)OC)cc1. The maximum Gasteiger partial charge on any atom is 0.351 e. The third-order valence-electron chi connectivity index (χ3n) is 3.61. The Morgan fingerprint density at radius 3 is 2.14 bits per heavy atom. The molecular weight excluding hydrogens is 293 g/mol. The van der Waals surface area contributed by atoms with E-state index in [-0.39, 0.29) is 0 Å². The van der Waals surface area contributed by atoms with E-state index in [1.807, 2.05) is 24.3 Å². The molecule has 0 aromatic heterocycles. The zero-order chi connectivity index (χ0) is 15.3. The summed E-state index contributed by atoms with van der Waals surface area (Å²) in [5, 5.41) is 0. The minimum Gasteiger partial charge on any atom is -0.497 e. The van der Waals surface area contributed by atoms with Gasteiger partial charge in [-0.3, -0.25) is 9.46 Å². The van der Waals surface area contributed by atoms with Gasteiger partial charge in [-0.25, -0.2) is 0 Å². The van der Waals surface area contributed by atoms with Gasteiger partial charge in [0.25, 0.3) is 0 Å². The van der Waals surface area contributed by atoms with Gasteiger partial charge in [-0.15, -0.1) is 0 Å². The normalized spacial score (nSPS) is 18.4. The molecule has 0 saturated carbocycles. The molecule has 1 unspecified atom stereocenters. The maximum atomic E-state index is 12.9. The van der Waals surface area contributed by atoms with Crippen molar-refractivity contribution in [3.8, 4) is 5.75 Å². The van der Waals surface area contributed by atoms with Crippen LogP contribution >= 0.6 is 7.60 Å². The maximum absolute atomic E-state index is 12.9. The number of hydrogen-bond donors (Lipinski definition) is 0. The zero-order valence-corrected chi connectivity index (χ0v) is 13.5. The Morgan fingerprint density at radius 2 is 1.67 bits per heavy atom. The molecule has 0 spiro atoms. The van der Waals surface area contributed by atoms with Crippen LogP contribution < -0.4 is 4.74 Å². The molecule has 7 heteroatoms. The minimum absolute atomic E-state index is 0.442. The van der Waals surface area contributed by atoms with Crippen molar-refractivity contribution in [3.63, 3.8) is 0 Å². The summed E-state index contributed by atoms with van der Waals surface area (Å²) in [6.45, 7) is 2.60. The first kappa shape index (κ1) is 16.5. The highest BCUT2D eigenvalue weighted by molar-refractivity contribution is 7.54. The fourth-order valence-corrected chi connectivity index (χ4v) is 4.18. The number of hydrogen-bond acceptors (Lipinski definition) is 6. The second kappa shape index (κ2) is 7.38. The lowest BCUT2D eigenvalue weighted by atomic mass is 10.2. The quantitative estimate of drug-likeness (QED) is 0.752. The molecule has 1 heterocycles. The second-order valence-corrected chi connectivity index (χ2v) is 7.00. The van der Waals surface area contributed by atoms with Gasteiger partial charge < -0.3 is 18.5 Å². The van der Waals surface area contributed by atoms with E-state index in [0.717, 1.165) is 11.3 Å². The lowest BCUT2D eigenvalue weighted by Gasteiger charge is -2.37. The summed E-state index contributed by atoms with van der Waals surface area (Å²) in [4.78, 5) is 2.08. The van der Waals surface area contributed by atoms with E-state index in [4.69, 9.17) is 18.5 Å². The first-order valence-electron chi connectivity index (χ1n) is 6.81. The van der Waals surface area contributed by atoms with Crippen LogP contribution in [-0.2, 0) is 18.3 Å². The zero-order valence-electron chi connectivity index (χ0n) is 12.7. The number of ether oxygens (including phenoxy) is 2. The van der Waals surface area contributed by atoms with E-state index in [9.17, 15) is 4.57 Å². The van der Waals surface area contributed by atoms with Crippen molar-refractivity contribution < 1.29 is 23.1 Å². The Kier molecular flexibility index (Phi) is 5.79. The molecule has 1 aromatic rings. The van der Waals surface area contributed by atoms with Gasteiger partial charge in [0.2, 0.25) is 0 Å². The smallest absolute Gasteiger partial charge is 0.351 e. The largest absolute Gasteiger partial charge is 0.497 e. The highest BCUT2D eigenvalue weighted by atomic mass is 31.2. The van der Waals surface area contributed by atoms with Crippen molar-refractivity contribution in [2.24, 2.45) is 0 Å². The van der Waals surface area contributed by atoms with E-state index in [1.54, 1.807) is 7.11 Å². The molecule has 1 saturated heterocycles. The first-order chi connectivity index (χ1) is 10.1. The molecule has 0 aliphatic carbocycles. The Morgan fingerprint density at radius 1 is 1.10 bits per heavy atom. The average molecular weight is 315 g/mol. The van der Waals surface area contributed by atoms with Gasteiger partial charge in [0.05, 0.1) is 20.3 Å². The third kappa shape index (κ3) is 3.65. The molecule has 1 aliphatic heterocycles. The molecule has 0 amide bonds. The van der Waals surface area contributed by atoms with Crippen molar-refractivity contribution in [2.75, 3.05) is 47.6 Å². The average Bonchev–Trinajstić information content (AvgIpc) is 2.56. The van der Waals surface area contributed by atoms with Crippen LogP contribution in [0.5, 0.6) is 5.75 Å². The summed E-state index contributed by atoms with van der Waals surface area (Å²) in [7, 11) is 1.17. The monoisotopic (exact) mass is 315 g/mol. The van der Waals surface area contributed by atoms with Crippen molar-refractivity contribution >= 4 is 7.60 Å². The number of methoxy groups -OCH3 is 1. The van der Waals surface area contributed by atoms with Crippen molar-refractivity contribution in [2.45, 2.75) is 5.78 Å². The van der Waals surface area contributed by atoms with E-state index in [2.05, 4.69) is 4.90 Å². The van der Waals surface area contributed by atoms with Crippen LogP contribution in [0.3, 0.4) is 0 Å². The molecule has 1 aliphatic rings. The molecule has 0 bridgehead atoms. The van der Waals surface area contributed by atoms with Gasteiger partial charge in [0.15, 0.2) is 0 Å². The van der Waals surface area contributed by atoms with Gasteiger partial charge in [0.1, 0.15) is 11.5 Å². The van der Waals surface area contributed by atoms with Gasteiger partial charge >= 0.3 is 7.60 Å². The third-order valence-corrected chi connectivity index (χ3v) is 5.86. The second-order valence-electron chi connectivity index (χ2n) is 4.70. The lowest BCUT2D eigenvalue weighted by molar-refractivity contribution is 0.0251. The van der Waals surface area contributed by atoms with Crippen LogP contribution in [0.25, 0.3) is 0 Å². The predicted octanol–water partition coefficient (Wildman–Crippen LogP) is 2.51. The lowest BCUT2D eigenvalue weighted by Crippen LogP contribution is -2.39. The molecule has 1 atom stereocenters. The Balaban J connectivity index is 2.36. The molecule has 0 radical (unpaired) electrons. The van der Waals surface area contributed by atoms with Gasteiger partial charge in [0, 0.05) is 27.3 Å². The predicted molar refractivity (Wildman–Crippen MR) is 79.8 cm³/mol. The molecule has 1 aromatic carbocycles. The number of benzene rings is 1. The Labute approximate surface area is 125 Å². The van der Waals surface area contributed by atoms with Crippen molar-refractivity contribution in [1.29, 1.82) is 0 Å². The van der Waals surface area contributed by atoms with Crippen LogP contribution in [0, 0.1) is 0 Å². The number of morpholine rings is 1. The molecular formula is C14H22NO5P. The summed E-state index contributed by atoms with van der Waals surface area (Å²) < 4.78 is 33.9. The standard InChI is InChI=1S/C14H22NO5P/c1-17-13-6-4-12(5-7-13)14(21(16,18-2)19-3)15-8-10-20-11-9-15/h4-7,14H,8-11H2,1-3H3. The summed E-state index contributed by atoms with van der Waals surface area (Å²) >= 11 is 0. The summed E-state index contributed by atoms with van der Waals surface area (Å²) in [6, 6.07) is 7.48. The van der Waals surface area contributed by atoms with E-state index in [1.165, 1.54) is 14.2 Å². The van der Waals surface area contributed by atoms with E-state index in [0.29, 0.717) is 26.3 Å². The molecule has 1 fully saturated rings. The fraction of sp³-hybridized carbons (Fsp3) is 0.571. The minimum atomic E-state index is -3.28. The molecule has 0 N–H and O–H groups in total. The van der Waals surface area contributed by atoms with Gasteiger partial charge in [-0.05, 0) is 17.7 Å². The molecule has 6 nitrogen and oxygen atoms in total. The van der Waals surface area contributed by atoms with Crippen molar-refractivity contribution in [1.82, 2.24) is 4.90 Å².